The Morgan fingerprint density at radius 1 is 1.07 bits per heavy atom. The lowest BCUT2D eigenvalue weighted by Gasteiger charge is -2.26. The minimum atomic E-state index is -3.23. The van der Waals surface area contributed by atoms with E-state index in [0.717, 1.165) is 17.0 Å². The number of hydrogen-bond donors (Lipinski definition) is 1. The maximum Gasteiger partial charge on any atom is 0.223 e. The lowest BCUT2D eigenvalue weighted by Crippen LogP contribution is -2.35. The maximum absolute atomic E-state index is 12.9. The summed E-state index contributed by atoms with van der Waals surface area (Å²) in [6, 6.07) is 9.65. The molecule has 0 saturated carbocycles. The van der Waals surface area contributed by atoms with E-state index >= 15 is 0 Å². The number of likely N-dealkylation sites (tertiary alicyclic amines) is 1. The van der Waals surface area contributed by atoms with Crippen LogP contribution in [-0.4, -0.2) is 51.6 Å². The van der Waals surface area contributed by atoms with Crippen molar-refractivity contribution in [2.45, 2.75) is 30.0 Å². The summed E-state index contributed by atoms with van der Waals surface area (Å²) in [4.78, 5) is 19.7. The summed E-state index contributed by atoms with van der Waals surface area (Å²) in [5.41, 5.74) is 3.53. The van der Waals surface area contributed by atoms with E-state index in [9.17, 15) is 8.42 Å². The van der Waals surface area contributed by atoms with Gasteiger partial charge >= 0.3 is 0 Å². The number of aromatic nitrogens is 4. The van der Waals surface area contributed by atoms with Gasteiger partial charge in [0.1, 0.15) is 0 Å². The summed E-state index contributed by atoms with van der Waals surface area (Å²) in [6.45, 7) is 2.37. The van der Waals surface area contributed by atoms with Crippen LogP contribution in [0.2, 0.25) is 0 Å². The lowest BCUT2D eigenvalue weighted by molar-refractivity contribution is 0.326. The van der Waals surface area contributed by atoms with Gasteiger partial charge in [-0.15, -0.1) is 0 Å². The van der Waals surface area contributed by atoms with Gasteiger partial charge in [-0.05, 0) is 23.8 Å². The van der Waals surface area contributed by atoms with Gasteiger partial charge < -0.3 is 5.32 Å². The molecule has 0 spiro atoms. The third-order valence-corrected chi connectivity index (χ3v) is 7.81. The fraction of sp³-hybridized carbons (Fsp3) is 0.333. The van der Waals surface area contributed by atoms with Gasteiger partial charge in [0.05, 0.1) is 28.9 Å². The molecule has 3 aromatic heterocycles. The molecule has 0 amide bonds. The molecule has 2 aliphatic rings. The van der Waals surface area contributed by atoms with Crippen molar-refractivity contribution in [3.63, 3.8) is 0 Å². The first-order chi connectivity index (χ1) is 14.6. The number of anilines is 1. The number of nitrogens with zero attached hydrogens (tertiary/aromatic N) is 5. The van der Waals surface area contributed by atoms with E-state index in [4.69, 9.17) is 4.98 Å². The van der Waals surface area contributed by atoms with Gasteiger partial charge in [0.25, 0.3) is 0 Å². The topological polar surface area (TPSA) is 101 Å². The smallest absolute Gasteiger partial charge is 0.223 e. The summed E-state index contributed by atoms with van der Waals surface area (Å²) in [7, 11) is -3.23. The monoisotopic (exact) mass is 422 g/mol. The van der Waals surface area contributed by atoms with Crippen LogP contribution in [0.1, 0.15) is 28.4 Å². The molecule has 8 nitrogen and oxygen atoms in total. The Morgan fingerprint density at radius 2 is 2.00 bits per heavy atom. The van der Waals surface area contributed by atoms with Crippen LogP contribution < -0.4 is 5.32 Å². The Bertz CT molecular complexity index is 1140. The Balaban J connectivity index is 1.38. The van der Waals surface area contributed by atoms with Crippen LogP contribution in [-0.2, 0) is 28.7 Å². The van der Waals surface area contributed by atoms with E-state index in [2.05, 4.69) is 25.2 Å². The Labute approximate surface area is 175 Å². The fourth-order valence-electron chi connectivity index (χ4n) is 4.29. The Hall–Kier alpha value is -2.91. The standard InChI is InChI=1S/C21H22N6O2S/c28-30(29)14-16-9-24-21(25-10-17-5-1-2-7-23-17)26-20(16)18-12-27(13-19(18)30)11-15-4-3-6-22-8-15/h1-9,18-19H,10-14H2,(H,24,25,26)/t18-,19+/m1/s1. The van der Waals surface area contributed by atoms with Crippen molar-refractivity contribution < 1.29 is 8.42 Å². The number of rotatable bonds is 5. The minimum Gasteiger partial charge on any atom is -0.349 e. The Kier molecular flexibility index (Phi) is 4.92. The largest absolute Gasteiger partial charge is 0.349 e. The molecule has 5 rings (SSSR count). The van der Waals surface area contributed by atoms with E-state index < -0.39 is 15.1 Å². The normalized spacial score (nSPS) is 22.3. The second-order valence-corrected chi connectivity index (χ2v) is 10.0. The highest BCUT2D eigenvalue weighted by molar-refractivity contribution is 7.91. The number of nitrogens with one attached hydrogen (secondary N) is 1. The number of sulfone groups is 1. The fourth-order valence-corrected chi connectivity index (χ4v) is 6.31. The van der Waals surface area contributed by atoms with Crippen LogP contribution in [0.3, 0.4) is 0 Å². The van der Waals surface area contributed by atoms with Gasteiger partial charge in [0.2, 0.25) is 5.95 Å². The molecule has 1 N–H and O–H groups in total. The first-order valence-corrected chi connectivity index (χ1v) is 11.6. The van der Waals surface area contributed by atoms with Crippen LogP contribution in [0.4, 0.5) is 5.95 Å². The summed E-state index contributed by atoms with van der Waals surface area (Å²) >= 11 is 0. The molecule has 2 aliphatic heterocycles. The first kappa shape index (κ1) is 19.1. The van der Waals surface area contributed by atoms with E-state index in [-0.39, 0.29) is 11.7 Å². The third-order valence-electron chi connectivity index (χ3n) is 5.69. The lowest BCUT2D eigenvalue weighted by atomic mass is 10.00. The highest BCUT2D eigenvalue weighted by atomic mass is 32.2. The first-order valence-electron chi connectivity index (χ1n) is 9.91. The number of fused-ring (bicyclic) bond motifs is 3. The molecule has 0 bridgehead atoms. The Morgan fingerprint density at radius 3 is 2.80 bits per heavy atom. The molecule has 9 heteroatoms. The van der Waals surface area contributed by atoms with Crippen LogP contribution in [0, 0.1) is 0 Å². The molecule has 0 aliphatic carbocycles. The van der Waals surface area contributed by atoms with E-state index in [1.807, 2.05) is 36.5 Å². The molecule has 0 aromatic carbocycles. The summed E-state index contributed by atoms with van der Waals surface area (Å²) in [5, 5.41) is 2.78. The van der Waals surface area contributed by atoms with Gasteiger partial charge in [-0.25, -0.2) is 18.4 Å². The van der Waals surface area contributed by atoms with Gasteiger partial charge in [-0.2, -0.15) is 0 Å². The van der Waals surface area contributed by atoms with Crippen LogP contribution in [0.15, 0.2) is 55.1 Å². The van der Waals surface area contributed by atoms with E-state index in [1.165, 1.54) is 0 Å². The van der Waals surface area contributed by atoms with Crippen molar-refractivity contribution >= 4 is 15.8 Å². The number of pyridine rings is 2. The van der Waals surface area contributed by atoms with Crippen molar-refractivity contribution in [2.75, 3.05) is 18.4 Å². The van der Waals surface area contributed by atoms with Gasteiger partial charge in [-0.1, -0.05) is 12.1 Å². The molecular formula is C21H22N6O2S. The second kappa shape index (κ2) is 7.73. The van der Waals surface area contributed by atoms with Crippen LogP contribution >= 0.6 is 0 Å². The molecular weight excluding hydrogens is 400 g/mol. The molecule has 1 fully saturated rings. The highest BCUT2D eigenvalue weighted by Gasteiger charge is 2.47. The maximum atomic E-state index is 12.9. The molecule has 1 saturated heterocycles. The number of hydrogen-bond acceptors (Lipinski definition) is 8. The van der Waals surface area contributed by atoms with Crippen LogP contribution in [0.25, 0.3) is 0 Å². The van der Waals surface area contributed by atoms with Crippen molar-refractivity contribution in [1.82, 2.24) is 24.8 Å². The van der Waals surface area contributed by atoms with Gasteiger partial charge in [0.15, 0.2) is 9.84 Å². The highest BCUT2D eigenvalue weighted by Crippen LogP contribution is 2.39. The average Bonchev–Trinajstić information content (AvgIpc) is 3.19. The van der Waals surface area contributed by atoms with Crippen molar-refractivity contribution in [1.29, 1.82) is 0 Å². The molecule has 5 heterocycles. The summed E-state index contributed by atoms with van der Waals surface area (Å²) < 4.78 is 25.8. The molecule has 0 radical (unpaired) electrons. The van der Waals surface area contributed by atoms with E-state index in [1.54, 1.807) is 18.6 Å². The quantitative estimate of drug-likeness (QED) is 0.664. The zero-order valence-corrected chi connectivity index (χ0v) is 17.2. The predicted molar refractivity (Wildman–Crippen MR) is 112 cm³/mol. The molecule has 3 aromatic rings. The van der Waals surface area contributed by atoms with Gasteiger partial charge in [-0.3, -0.25) is 14.9 Å². The summed E-state index contributed by atoms with van der Waals surface area (Å²) in [6.07, 6.45) is 6.97. The zero-order chi connectivity index (χ0) is 20.6. The van der Waals surface area contributed by atoms with Crippen molar-refractivity contribution in [3.8, 4) is 0 Å². The molecule has 2 atom stereocenters. The average molecular weight is 423 g/mol. The molecule has 0 unspecified atom stereocenters. The third kappa shape index (κ3) is 3.78. The second-order valence-electron chi connectivity index (χ2n) is 7.79. The van der Waals surface area contributed by atoms with Gasteiger partial charge in [0, 0.05) is 55.9 Å². The molecule has 154 valence electrons. The van der Waals surface area contributed by atoms with E-state index in [0.29, 0.717) is 37.7 Å². The van der Waals surface area contributed by atoms with Crippen molar-refractivity contribution in [2.24, 2.45) is 0 Å². The SMILES string of the molecule is O=S1(=O)Cc2cnc(NCc3ccccn3)nc2[C@@H]2CN(Cc3cccnc3)C[C@@H]21. The zero-order valence-electron chi connectivity index (χ0n) is 16.3. The summed E-state index contributed by atoms with van der Waals surface area (Å²) in [5.74, 6) is 0.363. The van der Waals surface area contributed by atoms with Crippen molar-refractivity contribution in [3.05, 3.63) is 77.6 Å². The minimum absolute atomic E-state index is 0.00472. The predicted octanol–water partition coefficient (Wildman–Crippen LogP) is 1.78. The van der Waals surface area contributed by atoms with Crippen LogP contribution in [0.5, 0.6) is 0 Å². The molecule has 30 heavy (non-hydrogen) atoms.